The monoisotopic (exact) mass is 338 g/mol. The van der Waals surface area contributed by atoms with Crippen LogP contribution in [0.2, 0.25) is 0 Å². The van der Waals surface area contributed by atoms with Crippen LogP contribution in [-0.2, 0) is 23.3 Å². The first-order valence-corrected chi connectivity index (χ1v) is 9.22. The summed E-state index contributed by atoms with van der Waals surface area (Å²) in [5, 5.41) is 10.7. The molecule has 1 aromatic heterocycles. The summed E-state index contributed by atoms with van der Waals surface area (Å²) in [6, 6.07) is 10.6. The van der Waals surface area contributed by atoms with Crippen LogP contribution >= 0.6 is 0 Å². The molecule has 0 radical (unpaired) electrons. The topological polar surface area (TPSA) is 61.0 Å². The Balaban J connectivity index is 1.48. The number of hydrogen-bond acceptors (Lipinski definition) is 3. The third kappa shape index (κ3) is 2.86. The Morgan fingerprint density at radius 1 is 1.24 bits per heavy atom. The van der Waals surface area contributed by atoms with Crippen LogP contribution in [0.25, 0.3) is 0 Å². The van der Waals surface area contributed by atoms with Crippen molar-refractivity contribution in [2.24, 2.45) is 0 Å². The van der Waals surface area contributed by atoms with E-state index in [9.17, 15) is 4.79 Å². The summed E-state index contributed by atoms with van der Waals surface area (Å²) in [5.41, 5.74) is 4.44. The molecule has 1 amide bonds. The van der Waals surface area contributed by atoms with Crippen LogP contribution in [0.5, 0.6) is 0 Å². The highest BCUT2D eigenvalue weighted by Gasteiger charge is 2.45. The zero-order valence-electron chi connectivity index (χ0n) is 15.0. The van der Waals surface area contributed by atoms with Gasteiger partial charge in [0.25, 0.3) is 0 Å². The summed E-state index contributed by atoms with van der Waals surface area (Å²) >= 11 is 0. The lowest BCUT2D eigenvalue weighted by atomic mass is 9.68. The lowest BCUT2D eigenvalue weighted by Gasteiger charge is -2.44. The molecule has 0 unspecified atom stereocenters. The molecule has 1 spiro atoms. The van der Waals surface area contributed by atoms with Crippen LogP contribution in [0.1, 0.15) is 55.1 Å². The van der Waals surface area contributed by atoms with Crippen LogP contribution in [0.15, 0.2) is 30.3 Å². The molecular formula is C20H26N4O. The summed E-state index contributed by atoms with van der Waals surface area (Å²) in [6.45, 7) is 7.70. The lowest BCUT2D eigenvalue weighted by molar-refractivity contribution is -0.129. The molecule has 132 valence electrons. The number of H-pyrrole nitrogens is 1. The van der Waals surface area contributed by atoms with Crippen LogP contribution in [0.4, 0.5) is 0 Å². The van der Waals surface area contributed by atoms with Gasteiger partial charge in [-0.1, -0.05) is 38.1 Å². The number of nitrogens with one attached hydrogen (secondary N) is 2. The van der Waals surface area contributed by atoms with Gasteiger partial charge in [-0.2, -0.15) is 5.10 Å². The smallest absolute Gasteiger partial charge is 0.231 e. The van der Waals surface area contributed by atoms with Gasteiger partial charge in [0.15, 0.2) is 0 Å². The number of carbonyl (C=O) groups excluding carboxylic acids is 1. The first-order chi connectivity index (χ1) is 12.1. The highest BCUT2D eigenvalue weighted by atomic mass is 16.2. The molecule has 0 aliphatic carbocycles. The molecule has 1 saturated heterocycles. The van der Waals surface area contributed by atoms with E-state index in [1.165, 1.54) is 11.1 Å². The highest BCUT2D eigenvalue weighted by molar-refractivity contribution is 5.90. The lowest BCUT2D eigenvalue weighted by Crippen LogP contribution is -2.54. The predicted octanol–water partition coefficient (Wildman–Crippen LogP) is 2.70. The minimum absolute atomic E-state index is 0.203. The van der Waals surface area contributed by atoms with Gasteiger partial charge in [0.1, 0.15) is 0 Å². The molecule has 1 fully saturated rings. The maximum absolute atomic E-state index is 12.7. The third-order valence-corrected chi connectivity index (χ3v) is 5.75. The summed E-state index contributed by atoms with van der Waals surface area (Å²) in [7, 11) is 0. The molecule has 1 aromatic carbocycles. The van der Waals surface area contributed by atoms with Crippen molar-refractivity contribution in [3.63, 3.8) is 0 Å². The molecule has 0 saturated carbocycles. The minimum atomic E-state index is -0.345. The first kappa shape index (κ1) is 16.3. The number of rotatable bonds is 3. The number of benzene rings is 1. The van der Waals surface area contributed by atoms with E-state index in [2.05, 4.69) is 64.6 Å². The largest absolute Gasteiger partial charge is 0.351 e. The number of hydrogen-bond donors (Lipinski definition) is 2. The van der Waals surface area contributed by atoms with Crippen LogP contribution in [0.3, 0.4) is 0 Å². The van der Waals surface area contributed by atoms with E-state index in [1.54, 1.807) is 0 Å². The fourth-order valence-corrected chi connectivity index (χ4v) is 4.19. The van der Waals surface area contributed by atoms with Gasteiger partial charge in [-0.3, -0.25) is 14.8 Å². The van der Waals surface area contributed by atoms with Crippen molar-refractivity contribution in [1.82, 2.24) is 20.4 Å². The van der Waals surface area contributed by atoms with Gasteiger partial charge in [-0.25, -0.2) is 0 Å². The van der Waals surface area contributed by atoms with E-state index in [1.807, 2.05) is 0 Å². The van der Waals surface area contributed by atoms with Gasteiger partial charge in [-0.05, 0) is 49.0 Å². The quantitative estimate of drug-likeness (QED) is 0.904. The van der Waals surface area contributed by atoms with Gasteiger partial charge in [-0.15, -0.1) is 0 Å². The number of aromatic nitrogens is 2. The van der Waals surface area contributed by atoms with Crippen molar-refractivity contribution in [1.29, 1.82) is 0 Å². The fraction of sp³-hybridized carbons (Fsp3) is 0.500. The van der Waals surface area contributed by atoms with Crippen molar-refractivity contribution in [2.45, 2.75) is 51.1 Å². The Morgan fingerprint density at radius 2 is 2.00 bits per heavy atom. The molecule has 2 aliphatic rings. The summed E-state index contributed by atoms with van der Waals surface area (Å²) < 4.78 is 0. The van der Waals surface area contributed by atoms with E-state index < -0.39 is 0 Å². The second kappa shape index (κ2) is 6.30. The van der Waals surface area contributed by atoms with E-state index in [0.717, 1.165) is 43.9 Å². The summed E-state index contributed by atoms with van der Waals surface area (Å²) in [4.78, 5) is 15.2. The number of amides is 1. The molecule has 2 N–H and O–H groups in total. The van der Waals surface area contributed by atoms with Crippen molar-refractivity contribution in [2.75, 3.05) is 13.1 Å². The maximum atomic E-state index is 12.7. The van der Waals surface area contributed by atoms with Crippen molar-refractivity contribution in [3.05, 3.63) is 52.8 Å². The van der Waals surface area contributed by atoms with Gasteiger partial charge in [0, 0.05) is 18.8 Å². The molecule has 5 heteroatoms. The summed E-state index contributed by atoms with van der Waals surface area (Å²) in [5.74, 6) is 0.645. The Bertz CT molecular complexity index is 772. The average Bonchev–Trinajstić information content (AvgIpc) is 3.09. The molecule has 0 atom stereocenters. The fourth-order valence-electron chi connectivity index (χ4n) is 4.19. The summed E-state index contributed by atoms with van der Waals surface area (Å²) in [6.07, 6.45) is 1.75. The van der Waals surface area contributed by atoms with Crippen molar-refractivity contribution >= 4 is 5.91 Å². The first-order valence-electron chi connectivity index (χ1n) is 9.22. The molecule has 2 aromatic rings. The van der Waals surface area contributed by atoms with Gasteiger partial charge in [0.2, 0.25) is 5.91 Å². The Morgan fingerprint density at radius 3 is 2.72 bits per heavy atom. The SMILES string of the molecule is CC(C)c1cc(CN2CCC3(CC2)C(=O)NCc2ccccc23)[nH]n1. The molecule has 2 aliphatic heterocycles. The van der Waals surface area contributed by atoms with Crippen LogP contribution in [-0.4, -0.2) is 34.1 Å². The van der Waals surface area contributed by atoms with Crippen molar-refractivity contribution < 1.29 is 4.79 Å². The zero-order chi connectivity index (χ0) is 17.4. The van der Waals surface area contributed by atoms with Crippen molar-refractivity contribution in [3.8, 4) is 0 Å². The average molecular weight is 338 g/mol. The molecule has 25 heavy (non-hydrogen) atoms. The number of carbonyl (C=O) groups is 1. The molecule has 3 heterocycles. The molecule has 5 nitrogen and oxygen atoms in total. The Hall–Kier alpha value is -2.14. The molecule has 0 bridgehead atoms. The highest BCUT2D eigenvalue weighted by Crippen LogP contribution is 2.40. The number of fused-ring (bicyclic) bond motifs is 2. The van der Waals surface area contributed by atoms with E-state index in [0.29, 0.717) is 12.5 Å². The normalized spacial score (nSPS) is 19.9. The van der Waals surface area contributed by atoms with Gasteiger partial charge in [0.05, 0.1) is 11.1 Å². The zero-order valence-corrected chi connectivity index (χ0v) is 15.0. The minimum Gasteiger partial charge on any atom is -0.351 e. The van der Waals surface area contributed by atoms with E-state index in [4.69, 9.17) is 0 Å². The Labute approximate surface area is 148 Å². The predicted molar refractivity (Wildman–Crippen MR) is 97.2 cm³/mol. The third-order valence-electron chi connectivity index (χ3n) is 5.75. The maximum Gasteiger partial charge on any atom is 0.231 e. The number of aromatic amines is 1. The second-order valence-electron chi connectivity index (χ2n) is 7.67. The number of nitrogens with zero attached hydrogens (tertiary/aromatic N) is 2. The van der Waals surface area contributed by atoms with Gasteiger partial charge >= 0.3 is 0 Å². The molecular weight excluding hydrogens is 312 g/mol. The van der Waals surface area contributed by atoms with Gasteiger partial charge < -0.3 is 5.32 Å². The van der Waals surface area contributed by atoms with Crippen LogP contribution < -0.4 is 5.32 Å². The number of likely N-dealkylation sites (tertiary alicyclic amines) is 1. The van der Waals surface area contributed by atoms with Crippen LogP contribution in [0, 0.1) is 0 Å². The second-order valence-corrected chi connectivity index (χ2v) is 7.67. The van der Waals surface area contributed by atoms with E-state index in [-0.39, 0.29) is 11.3 Å². The number of piperidine rings is 1. The van der Waals surface area contributed by atoms with E-state index >= 15 is 0 Å². The molecule has 4 rings (SSSR count). The standard InChI is InChI=1S/C20H26N4O/c1-14(2)18-11-16(22-23-18)13-24-9-7-20(8-10-24)17-6-4-3-5-15(17)12-21-19(20)25/h3-6,11,14H,7-10,12-13H2,1-2H3,(H,21,25)(H,22,23). The Kier molecular flexibility index (Phi) is 4.12.